The molecule has 0 spiro atoms. The monoisotopic (exact) mass is 560 g/mol. The zero-order valence-corrected chi connectivity index (χ0v) is 20.4. The molecule has 37 heavy (non-hydrogen) atoms. The van der Waals surface area contributed by atoms with E-state index in [1.165, 1.54) is 44.4 Å². The number of methoxy groups -OCH3 is 1. The van der Waals surface area contributed by atoms with Gasteiger partial charge in [-0.15, -0.1) is 0 Å². The molecular formula is C23H15ClF6N4O2S. The van der Waals surface area contributed by atoms with Gasteiger partial charge in [0.15, 0.2) is 23.0 Å². The molecule has 0 bridgehead atoms. The van der Waals surface area contributed by atoms with Gasteiger partial charge in [-0.1, -0.05) is 23.7 Å². The average molecular weight is 561 g/mol. The van der Waals surface area contributed by atoms with Crippen molar-refractivity contribution < 1.29 is 36.2 Å². The molecule has 2 aromatic carbocycles. The summed E-state index contributed by atoms with van der Waals surface area (Å²) in [5, 5.41) is 22.5. The second kappa shape index (κ2) is 10.8. The molecule has 0 radical (unpaired) electrons. The quantitative estimate of drug-likeness (QED) is 0.192. The summed E-state index contributed by atoms with van der Waals surface area (Å²) in [6.45, 7) is 1.27. The number of hydrogen-bond acceptors (Lipinski definition) is 6. The van der Waals surface area contributed by atoms with Crippen LogP contribution in [0.15, 0.2) is 46.3 Å². The van der Waals surface area contributed by atoms with Crippen molar-refractivity contribution in [2.45, 2.75) is 23.5 Å². The Kier molecular flexibility index (Phi) is 8.14. The molecule has 0 saturated heterocycles. The Hall–Kier alpha value is -3.63. The SMILES string of the molecule is COc1cc(/C=C/C=N/c2c(SC(F)(F)F)c(C#N)nn2-c2c(C)cc(C(F)(F)F)cc2Cl)ccc1O. The van der Waals surface area contributed by atoms with Crippen LogP contribution >= 0.6 is 23.4 Å². The third kappa shape index (κ3) is 6.58. The number of phenolic OH excluding ortho intramolecular Hbond substituents is 1. The van der Waals surface area contributed by atoms with E-state index in [2.05, 4.69) is 10.1 Å². The van der Waals surface area contributed by atoms with Gasteiger partial charge in [0.05, 0.1) is 28.3 Å². The van der Waals surface area contributed by atoms with Crippen molar-refractivity contribution in [2.75, 3.05) is 7.11 Å². The lowest BCUT2D eigenvalue weighted by Crippen LogP contribution is -2.08. The molecule has 0 aliphatic heterocycles. The summed E-state index contributed by atoms with van der Waals surface area (Å²) in [6, 6.07) is 7.33. The first kappa shape index (κ1) is 27.9. The van der Waals surface area contributed by atoms with Crippen LogP contribution in [0.5, 0.6) is 11.5 Å². The molecular weight excluding hydrogens is 546 g/mol. The summed E-state index contributed by atoms with van der Waals surface area (Å²) < 4.78 is 85.2. The number of benzene rings is 2. The molecule has 0 atom stereocenters. The van der Waals surface area contributed by atoms with Crippen LogP contribution in [0.4, 0.5) is 32.2 Å². The van der Waals surface area contributed by atoms with Crippen LogP contribution in [0.2, 0.25) is 5.02 Å². The molecule has 3 rings (SSSR count). The number of ether oxygens (including phenoxy) is 1. The van der Waals surface area contributed by atoms with Gasteiger partial charge in [-0.2, -0.15) is 36.7 Å². The highest BCUT2D eigenvalue weighted by molar-refractivity contribution is 8.00. The van der Waals surface area contributed by atoms with Gasteiger partial charge in [-0.3, -0.25) is 0 Å². The van der Waals surface area contributed by atoms with E-state index in [9.17, 15) is 36.7 Å². The molecule has 1 N–H and O–H groups in total. The largest absolute Gasteiger partial charge is 0.504 e. The predicted molar refractivity (Wildman–Crippen MR) is 127 cm³/mol. The lowest BCUT2D eigenvalue weighted by molar-refractivity contribution is -0.137. The number of thioether (sulfide) groups is 1. The molecule has 0 aliphatic rings. The molecule has 14 heteroatoms. The average Bonchev–Trinajstić information content (AvgIpc) is 3.11. The van der Waals surface area contributed by atoms with Crippen LogP contribution < -0.4 is 4.74 Å². The highest BCUT2D eigenvalue weighted by atomic mass is 35.5. The van der Waals surface area contributed by atoms with E-state index < -0.39 is 50.4 Å². The van der Waals surface area contributed by atoms with Crippen molar-refractivity contribution in [3.8, 4) is 23.3 Å². The van der Waals surface area contributed by atoms with Crippen molar-refractivity contribution in [3.05, 3.63) is 63.8 Å². The number of halogens is 7. The molecule has 1 heterocycles. The number of hydrogen-bond donors (Lipinski definition) is 1. The number of allylic oxidation sites excluding steroid dienone is 1. The fourth-order valence-electron chi connectivity index (χ4n) is 3.18. The molecule has 194 valence electrons. The number of phenols is 1. The third-order valence-electron chi connectivity index (χ3n) is 4.71. The molecule has 0 aliphatic carbocycles. The van der Waals surface area contributed by atoms with Gasteiger partial charge in [-0.25, -0.2) is 9.67 Å². The van der Waals surface area contributed by atoms with E-state index in [0.717, 1.165) is 17.0 Å². The Balaban J connectivity index is 2.14. The Morgan fingerprint density at radius 2 is 1.89 bits per heavy atom. The second-order valence-electron chi connectivity index (χ2n) is 7.26. The fraction of sp³-hybridized carbons (Fsp3) is 0.174. The van der Waals surface area contributed by atoms with Gasteiger partial charge in [-0.05, 0) is 60.2 Å². The van der Waals surface area contributed by atoms with E-state index in [1.54, 1.807) is 6.07 Å². The maximum atomic E-state index is 13.3. The molecule has 0 unspecified atom stereocenters. The Morgan fingerprint density at radius 1 is 1.19 bits per heavy atom. The summed E-state index contributed by atoms with van der Waals surface area (Å²) in [4.78, 5) is 3.37. The molecule has 0 amide bonds. The standard InChI is InChI=1S/C23H15ClF6N4O2S/c1-12-8-14(22(25,26)27)10-15(24)19(12)34-21(20(16(11-31)33-34)37-23(28,29)30)32-7-3-4-13-5-6-17(35)18(9-13)36-2/h3-10,35H,1-2H3/b4-3+,32-7+. The Morgan fingerprint density at radius 3 is 2.46 bits per heavy atom. The summed E-state index contributed by atoms with van der Waals surface area (Å²) in [5.74, 6) is -0.373. The van der Waals surface area contributed by atoms with Crippen molar-refractivity contribution in [1.29, 1.82) is 5.26 Å². The first-order chi connectivity index (χ1) is 17.2. The van der Waals surface area contributed by atoms with Crippen LogP contribution in [0, 0.1) is 18.3 Å². The minimum atomic E-state index is -4.82. The van der Waals surface area contributed by atoms with E-state index in [-0.39, 0.29) is 22.7 Å². The molecule has 0 fully saturated rings. The van der Waals surface area contributed by atoms with Gasteiger partial charge in [0.25, 0.3) is 0 Å². The smallest absolute Gasteiger partial charge is 0.446 e. The number of aliphatic imine (C=N–C) groups is 1. The summed E-state index contributed by atoms with van der Waals surface area (Å²) in [5.41, 5.74) is -6.19. The minimum Gasteiger partial charge on any atom is -0.504 e. The molecule has 6 nitrogen and oxygen atoms in total. The minimum absolute atomic E-state index is 0.0569. The van der Waals surface area contributed by atoms with E-state index in [1.807, 2.05) is 0 Å². The van der Waals surface area contributed by atoms with Crippen LogP contribution in [0.25, 0.3) is 11.8 Å². The van der Waals surface area contributed by atoms with Crippen LogP contribution in [0.3, 0.4) is 0 Å². The number of aromatic hydroxyl groups is 1. The van der Waals surface area contributed by atoms with E-state index >= 15 is 0 Å². The number of alkyl halides is 6. The number of aromatic nitrogens is 2. The number of aryl methyl sites for hydroxylation is 1. The molecule has 0 saturated carbocycles. The first-order valence-corrected chi connectivity index (χ1v) is 11.2. The zero-order chi connectivity index (χ0) is 27.5. The number of rotatable bonds is 6. The van der Waals surface area contributed by atoms with Gasteiger partial charge in [0.2, 0.25) is 0 Å². The topological polar surface area (TPSA) is 83.4 Å². The van der Waals surface area contributed by atoms with Gasteiger partial charge in [0.1, 0.15) is 6.07 Å². The number of nitrogens with zero attached hydrogens (tertiary/aromatic N) is 4. The zero-order valence-electron chi connectivity index (χ0n) is 18.8. The van der Waals surface area contributed by atoms with E-state index in [4.69, 9.17) is 16.3 Å². The maximum absolute atomic E-state index is 13.3. The van der Waals surface area contributed by atoms with Crippen molar-refractivity contribution in [2.24, 2.45) is 4.99 Å². The lowest BCUT2D eigenvalue weighted by Gasteiger charge is -2.14. The van der Waals surface area contributed by atoms with Crippen molar-refractivity contribution in [3.63, 3.8) is 0 Å². The Bertz CT molecular complexity index is 1400. The second-order valence-corrected chi connectivity index (χ2v) is 8.75. The number of nitriles is 1. The fourth-order valence-corrected chi connectivity index (χ4v) is 4.17. The summed E-state index contributed by atoms with van der Waals surface area (Å²) >= 11 is 5.46. The van der Waals surface area contributed by atoms with E-state index in [0.29, 0.717) is 11.6 Å². The lowest BCUT2D eigenvalue weighted by atomic mass is 10.1. The predicted octanol–water partition coefficient (Wildman–Crippen LogP) is 7.47. The first-order valence-electron chi connectivity index (χ1n) is 9.99. The van der Waals surface area contributed by atoms with Crippen LogP contribution in [-0.2, 0) is 6.18 Å². The Labute approximate surface area is 215 Å². The third-order valence-corrected chi connectivity index (χ3v) is 5.81. The summed E-state index contributed by atoms with van der Waals surface area (Å²) in [7, 11) is 1.35. The van der Waals surface area contributed by atoms with Gasteiger partial charge in [0, 0.05) is 6.21 Å². The van der Waals surface area contributed by atoms with Gasteiger partial charge >= 0.3 is 11.7 Å². The van der Waals surface area contributed by atoms with Crippen LogP contribution in [-0.4, -0.2) is 33.7 Å². The summed E-state index contributed by atoms with van der Waals surface area (Å²) in [6.07, 6.45) is -0.737. The van der Waals surface area contributed by atoms with Crippen molar-refractivity contribution >= 4 is 41.5 Å². The van der Waals surface area contributed by atoms with Gasteiger partial charge < -0.3 is 9.84 Å². The highest BCUT2D eigenvalue weighted by Crippen LogP contribution is 2.45. The highest BCUT2D eigenvalue weighted by Gasteiger charge is 2.36. The molecule has 1 aromatic heterocycles. The normalized spacial score (nSPS) is 12.4. The molecule has 3 aromatic rings. The van der Waals surface area contributed by atoms with Crippen LogP contribution in [0.1, 0.15) is 22.4 Å². The van der Waals surface area contributed by atoms with Crippen molar-refractivity contribution in [1.82, 2.24) is 9.78 Å². The maximum Gasteiger partial charge on any atom is 0.446 e.